The third-order valence-corrected chi connectivity index (χ3v) is 33.2. The molecular weight excluding hydrogens is 836 g/mol. The first-order valence-electron chi connectivity index (χ1n) is 17.8. The van der Waals surface area contributed by atoms with Gasteiger partial charge in [0.1, 0.15) is 0 Å². The standard InChI is InChI=1S/C32H39NS4.6CH3.2Sn/c1-3-5-7-9-10-12-16-24(15-11-8-6-4-2)23-33-25-21-29(27-17-13-19-34-27)36-31(25)32-26(33)22-30(37-32)28-18-14-20-35-28;;;;;;;;/h13-14,17-18,21-22,24H,3-12,15-16,23H2,1-2H3;6*1H3;;. The van der Waals surface area contributed by atoms with Gasteiger partial charge in [-0.25, -0.2) is 0 Å². The number of hydrogen-bond acceptors (Lipinski definition) is 4. The molecule has 1 atom stereocenters. The van der Waals surface area contributed by atoms with Gasteiger partial charge in [-0.3, -0.25) is 0 Å². The number of hydrogen-bond donors (Lipinski definition) is 0. The topological polar surface area (TPSA) is 4.93 Å². The molecule has 5 aromatic heterocycles. The first-order valence-corrected chi connectivity index (χ1v) is 41.0. The second kappa shape index (κ2) is 16.3. The Morgan fingerprint density at radius 2 is 0.956 bits per heavy atom. The van der Waals surface area contributed by atoms with Gasteiger partial charge in [0, 0.05) is 0 Å². The zero-order chi connectivity index (χ0) is 32.2. The summed E-state index contributed by atoms with van der Waals surface area (Å²) in [4.78, 5) is 21.2. The molecule has 1 unspecified atom stereocenters. The van der Waals surface area contributed by atoms with E-state index in [0.29, 0.717) is 0 Å². The van der Waals surface area contributed by atoms with Gasteiger partial charge in [-0.15, -0.1) is 0 Å². The van der Waals surface area contributed by atoms with Crippen molar-refractivity contribution in [3.8, 4) is 19.5 Å². The minimum absolute atomic E-state index is 0.769. The molecule has 0 aliphatic carbocycles. The van der Waals surface area contributed by atoms with E-state index < -0.39 is 36.8 Å². The van der Waals surface area contributed by atoms with Crippen LogP contribution in [0, 0.1) is 5.92 Å². The van der Waals surface area contributed by atoms with Crippen molar-refractivity contribution in [1.82, 2.24) is 4.57 Å². The molecule has 5 heterocycles. The fourth-order valence-corrected chi connectivity index (χ4v) is 21.7. The predicted octanol–water partition coefficient (Wildman–Crippen LogP) is 13.8. The molecule has 0 N–H and O–H groups in total. The summed E-state index contributed by atoms with van der Waals surface area (Å²) in [5.74, 6) is 0.769. The van der Waals surface area contributed by atoms with Crippen LogP contribution in [0.25, 0.3) is 39.9 Å². The summed E-state index contributed by atoms with van der Waals surface area (Å²) in [5, 5.41) is 0. The SMILES string of the molecule is CCCCCCCCC(CCCCCC)Cn1c2cc(-c3cc[c]([Sn]([CH3])([CH3])[CH3])s3)sc2c2sc(-c3cc[c]([Sn]([CH3])([CH3])[CH3])s3)cc21. The number of thiophene rings is 4. The van der Waals surface area contributed by atoms with Crippen molar-refractivity contribution in [2.45, 2.75) is 127 Å². The van der Waals surface area contributed by atoms with Gasteiger partial charge in [-0.1, -0.05) is 52.4 Å². The molecule has 0 saturated carbocycles. The Bertz CT molecular complexity index is 1540. The van der Waals surface area contributed by atoms with Gasteiger partial charge in [0.25, 0.3) is 0 Å². The van der Waals surface area contributed by atoms with Crippen LogP contribution in [-0.2, 0) is 6.54 Å². The van der Waals surface area contributed by atoms with Gasteiger partial charge in [0.2, 0.25) is 0 Å². The van der Waals surface area contributed by atoms with Crippen molar-refractivity contribution in [3.05, 3.63) is 36.4 Å². The van der Waals surface area contributed by atoms with E-state index in [1.807, 2.05) is 0 Å². The Morgan fingerprint density at radius 3 is 1.38 bits per heavy atom. The summed E-state index contributed by atoms with van der Waals surface area (Å²) in [6, 6.07) is 14.9. The van der Waals surface area contributed by atoms with Crippen LogP contribution in [0.2, 0.25) is 29.6 Å². The summed E-state index contributed by atoms with van der Waals surface area (Å²) >= 11 is 4.13. The molecule has 0 fully saturated rings. The summed E-state index contributed by atoms with van der Waals surface area (Å²) < 4.78 is 9.21. The van der Waals surface area contributed by atoms with Gasteiger partial charge >= 0.3 is 249 Å². The van der Waals surface area contributed by atoms with E-state index in [4.69, 9.17) is 0 Å². The summed E-state index contributed by atoms with van der Waals surface area (Å²) in [6.07, 6.45) is 16.6. The summed E-state index contributed by atoms with van der Waals surface area (Å²) in [6.45, 7) is 5.84. The molecular formula is C38H57NS4Sn2. The molecule has 7 heteroatoms. The van der Waals surface area contributed by atoms with E-state index in [1.54, 1.807) is 5.79 Å². The van der Waals surface area contributed by atoms with Crippen LogP contribution >= 0.6 is 45.3 Å². The first kappa shape index (κ1) is 36.5. The van der Waals surface area contributed by atoms with E-state index >= 15 is 0 Å². The number of nitrogens with zero attached hydrogens (tertiary/aromatic N) is 1. The van der Waals surface area contributed by atoms with Gasteiger partial charge in [0.05, 0.1) is 0 Å². The maximum absolute atomic E-state index is 2.78. The predicted molar refractivity (Wildman–Crippen MR) is 218 cm³/mol. The molecule has 0 bridgehead atoms. The fourth-order valence-electron chi connectivity index (χ4n) is 6.46. The van der Waals surface area contributed by atoms with Crippen LogP contribution in [0.5, 0.6) is 0 Å². The van der Waals surface area contributed by atoms with Crippen LogP contribution in [-0.4, -0.2) is 41.3 Å². The van der Waals surface area contributed by atoms with E-state index in [-0.39, 0.29) is 0 Å². The van der Waals surface area contributed by atoms with Crippen LogP contribution in [0.4, 0.5) is 0 Å². The van der Waals surface area contributed by atoms with Crippen molar-refractivity contribution >= 4 is 108 Å². The van der Waals surface area contributed by atoms with Crippen molar-refractivity contribution < 1.29 is 0 Å². The van der Waals surface area contributed by atoms with Crippen molar-refractivity contribution in [3.63, 3.8) is 0 Å². The van der Waals surface area contributed by atoms with Crippen LogP contribution in [0.1, 0.15) is 90.9 Å². The van der Waals surface area contributed by atoms with Crippen molar-refractivity contribution in [1.29, 1.82) is 0 Å². The number of aromatic nitrogens is 1. The third-order valence-electron chi connectivity index (χ3n) is 9.26. The molecule has 5 rings (SSSR count). The zero-order valence-electron chi connectivity index (χ0n) is 29.3. The molecule has 0 spiro atoms. The minimum atomic E-state index is -2.08. The van der Waals surface area contributed by atoms with Gasteiger partial charge in [0.15, 0.2) is 0 Å². The molecule has 0 radical (unpaired) electrons. The van der Waals surface area contributed by atoms with Gasteiger partial charge < -0.3 is 0 Å². The van der Waals surface area contributed by atoms with Crippen molar-refractivity contribution in [2.75, 3.05) is 0 Å². The molecule has 0 saturated heterocycles. The van der Waals surface area contributed by atoms with Crippen LogP contribution < -0.4 is 5.79 Å². The molecule has 0 amide bonds. The average molecular weight is 894 g/mol. The number of unbranched alkanes of at least 4 members (excludes halogenated alkanes) is 8. The fraction of sp³-hybridized carbons (Fsp3) is 0.579. The van der Waals surface area contributed by atoms with Crippen LogP contribution in [0.15, 0.2) is 36.4 Å². The molecule has 246 valence electrons. The van der Waals surface area contributed by atoms with Crippen molar-refractivity contribution in [2.24, 2.45) is 5.92 Å². The Kier molecular flexibility index (Phi) is 13.2. The third kappa shape index (κ3) is 9.26. The Hall–Kier alpha value is 0.197. The Morgan fingerprint density at radius 1 is 0.533 bits per heavy atom. The number of rotatable bonds is 18. The normalized spacial score (nSPS) is 13.5. The average Bonchev–Trinajstić information content (AvgIpc) is 3.79. The monoisotopic (exact) mass is 895 g/mol. The second-order valence-electron chi connectivity index (χ2n) is 15.4. The second-order valence-corrected chi connectivity index (χ2v) is 50.5. The number of fused-ring (bicyclic) bond motifs is 3. The summed E-state index contributed by atoms with van der Waals surface area (Å²) in [5.41, 5.74) is 2.99. The quantitative estimate of drug-likeness (QED) is 0.0610. The maximum atomic E-state index is 2.78. The van der Waals surface area contributed by atoms with Gasteiger partial charge in [-0.2, -0.15) is 0 Å². The van der Waals surface area contributed by atoms with E-state index in [1.165, 1.54) is 124 Å². The van der Waals surface area contributed by atoms with Gasteiger partial charge in [-0.05, 0) is 0 Å². The Labute approximate surface area is 298 Å². The van der Waals surface area contributed by atoms with E-state index in [0.717, 1.165) is 5.92 Å². The first-order chi connectivity index (χ1) is 21.5. The molecule has 0 aliphatic rings. The van der Waals surface area contributed by atoms with E-state index in [9.17, 15) is 0 Å². The Balaban J connectivity index is 1.51. The molecule has 45 heavy (non-hydrogen) atoms. The molecule has 0 aliphatic heterocycles. The molecule has 0 aromatic carbocycles. The van der Waals surface area contributed by atoms with Crippen LogP contribution in [0.3, 0.4) is 0 Å². The summed E-state index contributed by atoms with van der Waals surface area (Å²) in [7, 11) is 0. The molecule has 1 nitrogen and oxygen atoms in total. The zero-order valence-corrected chi connectivity index (χ0v) is 38.3. The van der Waals surface area contributed by atoms with E-state index in [2.05, 4.69) is 130 Å². The molecule has 5 aromatic rings.